The van der Waals surface area contributed by atoms with Crippen LogP contribution in [0.2, 0.25) is 0 Å². The maximum Gasteiger partial charge on any atom is 0.306 e. The van der Waals surface area contributed by atoms with Crippen LogP contribution in [0.15, 0.2) is 134 Å². The number of esters is 3. The summed E-state index contributed by atoms with van der Waals surface area (Å²) < 4.78 is 16.7. The van der Waals surface area contributed by atoms with Crippen LogP contribution in [0.1, 0.15) is 194 Å². The maximum atomic E-state index is 12.8. The van der Waals surface area contributed by atoms with Gasteiger partial charge in [0.1, 0.15) is 13.2 Å². The van der Waals surface area contributed by atoms with Crippen molar-refractivity contribution in [3.63, 3.8) is 0 Å². The lowest BCUT2D eigenvalue weighted by Gasteiger charge is -2.18. The Balaban J connectivity index is 4.58. The van der Waals surface area contributed by atoms with E-state index in [0.29, 0.717) is 19.3 Å². The molecule has 6 nitrogen and oxygen atoms in total. The lowest BCUT2D eigenvalue weighted by atomic mass is 10.1. The third kappa shape index (κ3) is 48.6. The molecule has 1 unspecified atom stereocenters. The number of unbranched alkanes of at least 4 members (excludes halogenated alkanes) is 14. The lowest BCUT2D eigenvalue weighted by molar-refractivity contribution is -0.167. The van der Waals surface area contributed by atoms with E-state index < -0.39 is 6.10 Å². The van der Waals surface area contributed by atoms with Crippen LogP contribution in [0, 0.1) is 0 Å². The van der Waals surface area contributed by atoms with E-state index in [1.165, 1.54) is 32.1 Å². The number of rotatable bonds is 43. The Morgan fingerprint density at radius 2 is 0.703 bits per heavy atom. The zero-order chi connectivity index (χ0) is 46.5. The quantitative estimate of drug-likeness (QED) is 0.0200. The van der Waals surface area contributed by atoms with Crippen LogP contribution < -0.4 is 0 Å². The van der Waals surface area contributed by atoms with Crippen LogP contribution >= 0.6 is 0 Å². The van der Waals surface area contributed by atoms with Crippen molar-refractivity contribution < 1.29 is 28.6 Å². The van der Waals surface area contributed by atoms with E-state index in [1.807, 2.05) is 0 Å². The molecule has 0 aliphatic rings. The molecular formula is C58H90O6. The molecule has 358 valence electrons. The zero-order valence-corrected chi connectivity index (χ0v) is 40.7. The molecule has 0 spiro atoms. The molecule has 0 saturated heterocycles. The lowest BCUT2D eigenvalue weighted by Crippen LogP contribution is -2.30. The van der Waals surface area contributed by atoms with E-state index in [0.717, 1.165) is 116 Å². The Morgan fingerprint density at radius 3 is 1.20 bits per heavy atom. The fraction of sp³-hybridized carbons (Fsp3) is 0.569. The van der Waals surface area contributed by atoms with Crippen LogP contribution in [0.3, 0.4) is 0 Å². The molecule has 0 N–H and O–H groups in total. The molecule has 6 heteroatoms. The third-order valence-electron chi connectivity index (χ3n) is 9.98. The summed E-state index contributed by atoms with van der Waals surface area (Å²) in [6.45, 7) is 6.31. The van der Waals surface area contributed by atoms with Crippen LogP contribution in [0.5, 0.6) is 0 Å². The van der Waals surface area contributed by atoms with E-state index in [1.54, 1.807) is 0 Å². The zero-order valence-electron chi connectivity index (χ0n) is 40.7. The molecule has 64 heavy (non-hydrogen) atoms. The maximum absolute atomic E-state index is 12.8. The second-order valence-electron chi connectivity index (χ2n) is 16.1. The van der Waals surface area contributed by atoms with Gasteiger partial charge >= 0.3 is 17.9 Å². The highest BCUT2D eigenvalue weighted by molar-refractivity contribution is 5.71. The highest BCUT2D eigenvalue weighted by Gasteiger charge is 2.19. The highest BCUT2D eigenvalue weighted by atomic mass is 16.6. The third-order valence-corrected chi connectivity index (χ3v) is 9.98. The molecule has 0 aromatic rings. The summed E-state index contributed by atoms with van der Waals surface area (Å²) >= 11 is 0. The van der Waals surface area contributed by atoms with Gasteiger partial charge in [0, 0.05) is 19.3 Å². The van der Waals surface area contributed by atoms with Crippen LogP contribution in [-0.2, 0) is 28.6 Å². The molecule has 0 saturated carbocycles. The van der Waals surface area contributed by atoms with Crippen LogP contribution in [0.25, 0.3) is 0 Å². The molecule has 0 amide bonds. The first-order valence-corrected chi connectivity index (χ1v) is 25.3. The first kappa shape index (κ1) is 59.5. The van der Waals surface area contributed by atoms with E-state index in [-0.39, 0.29) is 37.5 Å². The topological polar surface area (TPSA) is 78.9 Å². The number of carbonyl (C=O) groups is 3. The van der Waals surface area contributed by atoms with Gasteiger partial charge in [-0.05, 0) is 103 Å². The van der Waals surface area contributed by atoms with E-state index in [4.69, 9.17) is 14.2 Å². The van der Waals surface area contributed by atoms with Crippen LogP contribution in [-0.4, -0.2) is 37.2 Å². The van der Waals surface area contributed by atoms with E-state index in [2.05, 4.69) is 154 Å². The largest absolute Gasteiger partial charge is 0.462 e. The van der Waals surface area contributed by atoms with Gasteiger partial charge in [0.15, 0.2) is 6.10 Å². The van der Waals surface area contributed by atoms with Gasteiger partial charge in [0.2, 0.25) is 0 Å². The minimum absolute atomic E-state index is 0.127. The van der Waals surface area contributed by atoms with Gasteiger partial charge in [-0.3, -0.25) is 14.4 Å². The summed E-state index contributed by atoms with van der Waals surface area (Å²) in [5.74, 6) is -1.05. The SMILES string of the molecule is CC/C=C\C/C=C\C/C=C\C/C=C\C/C=C\CCCC(=O)OC(COC(=O)CCCCC/C=C\C=C/CCCC)COC(=O)CCCCCCC\C=C/C=C\C=C/C=C\CCCCC. The average Bonchev–Trinajstić information content (AvgIpc) is 3.29. The molecule has 0 bridgehead atoms. The Labute approximate surface area is 392 Å². The van der Waals surface area contributed by atoms with Gasteiger partial charge < -0.3 is 14.2 Å². The van der Waals surface area contributed by atoms with Crippen molar-refractivity contribution in [1.29, 1.82) is 0 Å². The first-order chi connectivity index (χ1) is 31.5. The number of ether oxygens (including phenoxy) is 3. The van der Waals surface area contributed by atoms with Crippen molar-refractivity contribution >= 4 is 17.9 Å². The summed E-state index contributed by atoms with van der Waals surface area (Å²) in [4.78, 5) is 37.9. The normalized spacial score (nSPS) is 13.2. The van der Waals surface area contributed by atoms with Gasteiger partial charge in [-0.15, -0.1) is 0 Å². The first-order valence-electron chi connectivity index (χ1n) is 25.3. The summed E-state index contributed by atoms with van der Waals surface area (Å²) in [7, 11) is 0. The van der Waals surface area contributed by atoms with Crippen molar-refractivity contribution in [3.05, 3.63) is 134 Å². The Morgan fingerprint density at radius 1 is 0.344 bits per heavy atom. The molecule has 0 rings (SSSR count). The Bertz CT molecular complexity index is 1430. The number of hydrogen-bond donors (Lipinski definition) is 0. The molecule has 0 fully saturated rings. The van der Waals surface area contributed by atoms with Crippen molar-refractivity contribution in [2.24, 2.45) is 0 Å². The predicted molar refractivity (Wildman–Crippen MR) is 274 cm³/mol. The van der Waals surface area contributed by atoms with Crippen molar-refractivity contribution in [3.8, 4) is 0 Å². The van der Waals surface area contributed by atoms with Gasteiger partial charge in [0.25, 0.3) is 0 Å². The van der Waals surface area contributed by atoms with Gasteiger partial charge in [-0.1, -0.05) is 206 Å². The Kier molecular flexibility index (Phi) is 47.6. The predicted octanol–water partition coefficient (Wildman–Crippen LogP) is 16.7. The fourth-order valence-electron chi connectivity index (χ4n) is 6.17. The molecular weight excluding hydrogens is 793 g/mol. The standard InChI is InChI=1S/C58H90O6/c1-4-7-10-13-16-19-22-24-26-28-30-31-33-36-39-42-45-48-51-57(60)63-54-55(53-62-56(59)50-47-44-41-38-35-21-18-15-12-9-6-3)64-58(61)52-49-46-43-40-37-34-32-29-27-25-23-20-17-14-11-8-5-2/h8,11,15-22,24-28,30-32,34-35,40,43,55H,4-7,9-10,12-14,23,29,33,36-39,41-42,44-54H2,1-3H3/b11-8-,18-15-,19-16-,20-17-,24-22-,27-25-,28-26-,31-30-,34-32-,35-21-,43-40-. The molecule has 0 aliphatic heterocycles. The van der Waals surface area contributed by atoms with Gasteiger partial charge in [-0.2, -0.15) is 0 Å². The van der Waals surface area contributed by atoms with Gasteiger partial charge in [-0.25, -0.2) is 0 Å². The summed E-state index contributed by atoms with van der Waals surface area (Å²) in [5, 5.41) is 0. The number of allylic oxidation sites excluding steroid dienone is 22. The molecule has 0 aliphatic carbocycles. The smallest absolute Gasteiger partial charge is 0.306 e. The van der Waals surface area contributed by atoms with Crippen molar-refractivity contribution in [1.82, 2.24) is 0 Å². The Hall–Kier alpha value is -4.45. The van der Waals surface area contributed by atoms with Crippen molar-refractivity contribution in [2.45, 2.75) is 200 Å². The molecule has 0 aromatic heterocycles. The molecule has 0 aromatic carbocycles. The monoisotopic (exact) mass is 883 g/mol. The summed E-state index contributed by atoms with van der Waals surface area (Å²) in [6, 6.07) is 0. The second kappa shape index (κ2) is 51.2. The van der Waals surface area contributed by atoms with E-state index in [9.17, 15) is 14.4 Å². The van der Waals surface area contributed by atoms with Crippen LogP contribution in [0.4, 0.5) is 0 Å². The molecule has 0 radical (unpaired) electrons. The highest BCUT2D eigenvalue weighted by Crippen LogP contribution is 2.11. The molecule has 0 heterocycles. The fourth-order valence-corrected chi connectivity index (χ4v) is 6.17. The minimum Gasteiger partial charge on any atom is -0.462 e. The minimum atomic E-state index is -0.833. The average molecular weight is 883 g/mol. The summed E-state index contributed by atoms with van der Waals surface area (Å²) in [5.41, 5.74) is 0. The van der Waals surface area contributed by atoms with Gasteiger partial charge in [0.05, 0.1) is 0 Å². The number of carbonyl (C=O) groups excluding carboxylic acids is 3. The summed E-state index contributed by atoms with van der Waals surface area (Å²) in [6.07, 6.45) is 71.5. The second-order valence-corrected chi connectivity index (χ2v) is 16.1. The molecule has 1 atom stereocenters. The number of hydrogen-bond acceptors (Lipinski definition) is 6. The van der Waals surface area contributed by atoms with Crippen molar-refractivity contribution in [2.75, 3.05) is 13.2 Å². The van der Waals surface area contributed by atoms with E-state index >= 15 is 0 Å².